The molecule has 0 saturated heterocycles. The van der Waals surface area contributed by atoms with Gasteiger partial charge in [-0.2, -0.15) is 0 Å². The number of ether oxygens (including phenoxy) is 1. The molecule has 0 unspecified atom stereocenters. The summed E-state index contributed by atoms with van der Waals surface area (Å²) in [5, 5.41) is 9.46. The zero-order chi connectivity index (χ0) is 27.8. The lowest BCUT2D eigenvalue weighted by atomic mass is 9.92. The van der Waals surface area contributed by atoms with E-state index in [-0.39, 0.29) is 5.91 Å². The van der Waals surface area contributed by atoms with Gasteiger partial charge < -0.3 is 24.7 Å². The van der Waals surface area contributed by atoms with Gasteiger partial charge in [-0.05, 0) is 78.9 Å². The van der Waals surface area contributed by atoms with E-state index in [0.717, 1.165) is 38.7 Å². The second-order valence-corrected chi connectivity index (χ2v) is 10.3. The van der Waals surface area contributed by atoms with Crippen LogP contribution in [0, 0.1) is 4.91 Å². The summed E-state index contributed by atoms with van der Waals surface area (Å²) in [4.78, 5) is 28.4. The lowest BCUT2D eigenvalue weighted by Gasteiger charge is -2.17. The van der Waals surface area contributed by atoms with Crippen molar-refractivity contribution >= 4 is 29.2 Å². The predicted octanol–water partition coefficient (Wildman–Crippen LogP) is 6.06. The van der Waals surface area contributed by atoms with Gasteiger partial charge in [-0.15, -0.1) is 4.91 Å². The molecule has 9 nitrogen and oxygen atoms in total. The highest BCUT2D eigenvalue weighted by Gasteiger charge is 2.21. The summed E-state index contributed by atoms with van der Waals surface area (Å²) in [7, 11) is 3.47. The number of hydrogen-bond donors (Lipinski definition) is 3. The average Bonchev–Trinajstić information content (AvgIpc) is 3.40. The van der Waals surface area contributed by atoms with Crippen molar-refractivity contribution in [2.24, 2.45) is 12.2 Å². The van der Waals surface area contributed by atoms with E-state index in [4.69, 9.17) is 4.74 Å². The number of nitroso groups, excluding NO2 is 1. The van der Waals surface area contributed by atoms with Crippen LogP contribution in [-0.2, 0) is 12.6 Å². The van der Waals surface area contributed by atoms with E-state index in [0.29, 0.717) is 18.8 Å². The topological polar surface area (TPSA) is 110 Å². The van der Waals surface area contributed by atoms with Crippen molar-refractivity contribution in [2.75, 3.05) is 30.2 Å². The molecule has 0 bridgehead atoms. The minimum atomic E-state index is -0.800. The third kappa shape index (κ3) is 7.17. The van der Waals surface area contributed by atoms with Crippen LogP contribution in [0.1, 0.15) is 29.9 Å². The summed E-state index contributed by atoms with van der Waals surface area (Å²) >= 11 is 1.45. The Morgan fingerprint density at radius 2 is 1.79 bits per heavy atom. The molecule has 0 spiro atoms. The summed E-state index contributed by atoms with van der Waals surface area (Å²) in [6.07, 6.45) is 3.28. The maximum absolute atomic E-state index is 12.1. The predicted molar refractivity (Wildman–Crippen MR) is 157 cm³/mol. The van der Waals surface area contributed by atoms with Crippen molar-refractivity contribution in [3.8, 4) is 16.9 Å². The van der Waals surface area contributed by atoms with Gasteiger partial charge in [0.25, 0.3) is 5.91 Å². The number of benzene rings is 3. The van der Waals surface area contributed by atoms with Gasteiger partial charge in [0.2, 0.25) is 0 Å². The van der Waals surface area contributed by atoms with Gasteiger partial charge in [-0.25, -0.2) is 4.98 Å². The molecule has 0 fully saturated rings. The number of nitrogens with one attached hydrogen (secondary N) is 3. The van der Waals surface area contributed by atoms with Crippen LogP contribution in [0.3, 0.4) is 0 Å². The fourth-order valence-electron chi connectivity index (χ4n) is 3.88. The molecule has 0 atom stereocenters. The molecule has 1 aromatic heterocycles. The van der Waals surface area contributed by atoms with Crippen LogP contribution in [-0.4, -0.2) is 35.7 Å². The summed E-state index contributed by atoms with van der Waals surface area (Å²) in [5.41, 5.74) is 4.30. The third-order valence-corrected chi connectivity index (χ3v) is 6.99. The number of carbonyl (C=O) groups is 1. The molecule has 1 heterocycles. The quantitative estimate of drug-likeness (QED) is 0.113. The number of amides is 1. The van der Waals surface area contributed by atoms with Crippen LogP contribution in [0.5, 0.6) is 5.75 Å². The molecule has 3 N–H and O–H groups in total. The highest BCUT2D eigenvalue weighted by molar-refractivity contribution is 8.00. The molecule has 39 heavy (non-hydrogen) atoms. The number of methoxy groups -OCH3 is 1. The number of anilines is 2. The molecule has 1 amide bonds. The van der Waals surface area contributed by atoms with Crippen LogP contribution in [0.2, 0.25) is 0 Å². The van der Waals surface area contributed by atoms with E-state index < -0.39 is 5.54 Å². The summed E-state index contributed by atoms with van der Waals surface area (Å²) < 4.78 is 10.7. The molecule has 10 heteroatoms. The molecule has 0 aliphatic rings. The van der Waals surface area contributed by atoms with E-state index in [1.54, 1.807) is 38.0 Å². The van der Waals surface area contributed by atoms with Gasteiger partial charge in [0, 0.05) is 37.7 Å². The Morgan fingerprint density at radius 3 is 2.54 bits per heavy atom. The first-order valence-electron chi connectivity index (χ1n) is 12.5. The highest BCUT2D eigenvalue weighted by atomic mass is 32.2. The average molecular weight is 545 g/mol. The second-order valence-electron chi connectivity index (χ2n) is 9.49. The van der Waals surface area contributed by atoms with Gasteiger partial charge in [0.15, 0.2) is 0 Å². The lowest BCUT2D eigenvalue weighted by molar-refractivity contribution is 0.0950. The molecule has 0 saturated carbocycles. The Hall–Kier alpha value is -4.31. The molecular formula is C29H32N6O3S. The van der Waals surface area contributed by atoms with Gasteiger partial charge in [0.05, 0.1) is 18.3 Å². The zero-order valence-electron chi connectivity index (χ0n) is 22.4. The maximum Gasteiger partial charge on any atom is 0.271 e. The SMILES string of the molecule is COc1ccc(-c2cccc(C(C)(C)N=O)c2)cc1SNc1cccc(NCCNC(=O)c2cn(C)cn2)c1. The number of nitrogens with zero attached hydrogens (tertiary/aromatic N) is 3. The van der Waals surface area contributed by atoms with Crippen molar-refractivity contribution in [2.45, 2.75) is 24.3 Å². The molecular weight excluding hydrogens is 512 g/mol. The smallest absolute Gasteiger partial charge is 0.271 e. The van der Waals surface area contributed by atoms with Crippen LogP contribution in [0.4, 0.5) is 11.4 Å². The van der Waals surface area contributed by atoms with Gasteiger partial charge in [-0.1, -0.05) is 35.5 Å². The number of aromatic nitrogens is 2. The fourth-order valence-corrected chi connectivity index (χ4v) is 4.67. The Kier molecular flexibility index (Phi) is 8.88. The summed E-state index contributed by atoms with van der Waals surface area (Å²) in [6, 6.07) is 21.8. The molecule has 4 aromatic rings. The zero-order valence-corrected chi connectivity index (χ0v) is 23.2. The van der Waals surface area contributed by atoms with Crippen molar-refractivity contribution in [1.82, 2.24) is 14.9 Å². The van der Waals surface area contributed by atoms with Gasteiger partial charge >= 0.3 is 0 Å². The Labute approximate surface area is 232 Å². The molecule has 0 aliphatic carbocycles. The maximum atomic E-state index is 12.1. The first-order valence-corrected chi connectivity index (χ1v) is 13.3. The minimum absolute atomic E-state index is 0.198. The fraction of sp³-hybridized carbons (Fsp3) is 0.241. The van der Waals surface area contributed by atoms with Crippen LogP contribution in [0.15, 0.2) is 89.3 Å². The molecule has 3 aromatic carbocycles. The number of aryl methyl sites for hydroxylation is 1. The Bertz CT molecular complexity index is 1450. The first kappa shape index (κ1) is 27.7. The number of rotatable bonds is 12. The van der Waals surface area contributed by atoms with Gasteiger partial charge in [-0.3, -0.25) is 4.79 Å². The molecule has 0 radical (unpaired) electrons. The normalized spacial score (nSPS) is 11.1. The Balaban J connectivity index is 1.38. The van der Waals surface area contributed by atoms with E-state index in [1.165, 1.54) is 11.9 Å². The number of hydrogen-bond acceptors (Lipinski definition) is 8. The largest absolute Gasteiger partial charge is 0.496 e. The minimum Gasteiger partial charge on any atom is -0.496 e. The van der Waals surface area contributed by atoms with Gasteiger partial charge in [0.1, 0.15) is 17.0 Å². The second kappa shape index (κ2) is 12.5. The molecule has 4 rings (SSSR count). The van der Waals surface area contributed by atoms with Crippen molar-refractivity contribution in [1.29, 1.82) is 0 Å². The highest BCUT2D eigenvalue weighted by Crippen LogP contribution is 2.36. The van der Waals surface area contributed by atoms with E-state index >= 15 is 0 Å². The van der Waals surface area contributed by atoms with Crippen LogP contribution >= 0.6 is 11.9 Å². The standard InChI is InChI=1S/C29H32N6O3S/c1-29(2,34-37)22-8-5-7-20(15-22)21-11-12-26(38-4)27(16-21)39-33-24-10-6-9-23(17-24)30-13-14-31-28(36)25-18-35(3)19-32-25/h5-12,15-19,30,33H,13-14H2,1-4H3,(H,31,36). The van der Waals surface area contributed by atoms with Crippen molar-refractivity contribution in [3.63, 3.8) is 0 Å². The van der Waals surface area contributed by atoms with E-state index in [2.05, 4.69) is 31.6 Å². The van der Waals surface area contributed by atoms with Crippen molar-refractivity contribution < 1.29 is 9.53 Å². The van der Waals surface area contributed by atoms with Crippen LogP contribution in [0.25, 0.3) is 11.1 Å². The van der Waals surface area contributed by atoms with Crippen molar-refractivity contribution in [3.05, 3.63) is 95.4 Å². The monoisotopic (exact) mass is 544 g/mol. The summed E-state index contributed by atoms with van der Waals surface area (Å²) in [5.74, 6) is 0.552. The molecule has 202 valence electrons. The lowest BCUT2D eigenvalue weighted by Crippen LogP contribution is -2.29. The van der Waals surface area contributed by atoms with E-state index in [9.17, 15) is 9.70 Å². The van der Waals surface area contributed by atoms with Crippen LogP contribution < -0.4 is 20.1 Å². The number of carbonyl (C=O) groups excluding carboxylic acids is 1. The third-order valence-electron chi connectivity index (χ3n) is 6.11. The summed E-state index contributed by atoms with van der Waals surface area (Å²) in [6.45, 7) is 4.65. The molecule has 0 aliphatic heterocycles. The Morgan fingerprint density at radius 1 is 1.03 bits per heavy atom. The van der Waals surface area contributed by atoms with E-state index in [1.807, 2.05) is 67.7 Å². The number of imidazole rings is 1. The first-order chi connectivity index (χ1) is 18.8.